The van der Waals surface area contributed by atoms with Crippen molar-refractivity contribution in [2.45, 2.75) is 12.6 Å². The van der Waals surface area contributed by atoms with Crippen LogP contribution in [0.1, 0.15) is 21.5 Å². The highest BCUT2D eigenvalue weighted by Gasteiger charge is 2.46. The molecule has 0 bridgehead atoms. The van der Waals surface area contributed by atoms with E-state index in [9.17, 15) is 4.79 Å². The topological polar surface area (TPSA) is 17.1 Å². The van der Waals surface area contributed by atoms with Crippen molar-refractivity contribution in [3.8, 4) is 0 Å². The highest BCUT2D eigenvalue weighted by molar-refractivity contribution is 7.95. The van der Waals surface area contributed by atoms with Gasteiger partial charge in [0, 0.05) is 17.5 Å². The number of carbonyl (C=O) groups is 1. The molecule has 0 atom stereocenters. The van der Waals surface area contributed by atoms with Crippen LogP contribution in [-0.4, -0.2) is 5.78 Å². The average molecular weight is 472 g/mol. The summed E-state index contributed by atoms with van der Waals surface area (Å²) in [6.45, 7) is 0. The minimum atomic E-state index is -2.11. The van der Waals surface area contributed by atoms with Crippen LogP contribution < -0.4 is 15.9 Å². The minimum Gasteiger partial charge on any atom is -0.294 e. The largest absolute Gasteiger partial charge is 0.294 e. The van der Waals surface area contributed by atoms with Gasteiger partial charge < -0.3 is 0 Å². The zero-order chi connectivity index (χ0) is 23.9. The van der Waals surface area contributed by atoms with Gasteiger partial charge in [0.15, 0.2) is 5.78 Å². The Morgan fingerprint density at radius 3 is 1.54 bits per heavy atom. The van der Waals surface area contributed by atoms with Gasteiger partial charge in [0.25, 0.3) is 0 Å². The molecule has 1 nitrogen and oxygen atoms in total. The van der Waals surface area contributed by atoms with Gasteiger partial charge in [0.2, 0.25) is 0 Å². The second-order valence-corrected chi connectivity index (χ2v) is 12.2. The van der Waals surface area contributed by atoms with Crippen molar-refractivity contribution in [3.05, 3.63) is 162 Å². The van der Waals surface area contributed by atoms with E-state index < -0.39 is 7.26 Å². The predicted molar refractivity (Wildman–Crippen MR) is 150 cm³/mol. The number of ketones is 1. The Kier molecular flexibility index (Phi) is 6.98. The summed E-state index contributed by atoms with van der Waals surface area (Å²) in [5.74, 6) is 0.150. The molecule has 0 radical (unpaired) electrons. The third kappa shape index (κ3) is 4.87. The molecule has 5 aromatic rings. The van der Waals surface area contributed by atoms with Crippen molar-refractivity contribution >= 4 is 29.0 Å². The molecule has 0 aliphatic rings. The standard InChI is InChI=1S/C33H28OP/c34-32(28-17-7-2-8-18-28)25-29-19-13-14-24-33(29)35(30-20-9-3-10-21-30,31-22-11-4-12-23-31)26-27-15-5-1-6-16-27/h1-24H,25-26H2/q+1. The highest BCUT2D eigenvalue weighted by atomic mass is 31.2. The number of hydrogen-bond acceptors (Lipinski definition) is 1. The molecule has 0 aliphatic heterocycles. The van der Waals surface area contributed by atoms with E-state index in [-0.39, 0.29) is 5.78 Å². The summed E-state index contributed by atoms with van der Waals surface area (Å²) >= 11 is 0. The first-order chi connectivity index (χ1) is 17.3. The fourth-order valence-corrected chi connectivity index (χ4v) is 9.34. The van der Waals surface area contributed by atoms with Gasteiger partial charge in [-0.25, -0.2) is 0 Å². The third-order valence-corrected chi connectivity index (χ3v) is 11.0. The van der Waals surface area contributed by atoms with Crippen LogP contribution in [0.4, 0.5) is 0 Å². The van der Waals surface area contributed by atoms with E-state index in [1.54, 1.807) is 0 Å². The monoisotopic (exact) mass is 471 g/mol. The van der Waals surface area contributed by atoms with E-state index in [0.29, 0.717) is 6.42 Å². The van der Waals surface area contributed by atoms with Crippen LogP contribution in [0.15, 0.2) is 146 Å². The molecule has 0 heterocycles. The molecular weight excluding hydrogens is 443 g/mol. The minimum absolute atomic E-state index is 0.150. The fraction of sp³-hybridized carbons (Fsp3) is 0.0606. The lowest BCUT2D eigenvalue weighted by atomic mass is 10.0. The molecule has 170 valence electrons. The highest BCUT2D eigenvalue weighted by Crippen LogP contribution is 2.58. The Morgan fingerprint density at radius 1 is 0.514 bits per heavy atom. The number of benzene rings is 5. The Balaban J connectivity index is 1.73. The summed E-state index contributed by atoms with van der Waals surface area (Å²) in [5.41, 5.74) is 3.17. The first kappa shape index (κ1) is 23.0. The summed E-state index contributed by atoms with van der Waals surface area (Å²) in [5, 5.41) is 3.94. The van der Waals surface area contributed by atoms with Crippen LogP contribution in [0.25, 0.3) is 0 Å². The number of rotatable bonds is 8. The van der Waals surface area contributed by atoms with E-state index in [4.69, 9.17) is 0 Å². The molecule has 0 N–H and O–H groups in total. The summed E-state index contributed by atoms with van der Waals surface area (Å²) in [6.07, 6.45) is 1.29. The van der Waals surface area contributed by atoms with E-state index in [0.717, 1.165) is 17.3 Å². The maximum atomic E-state index is 13.3. The quantitative estimate of drug-likeness (QED) is 0.184. The molecule has 0 fully saturated rings. The normalized spacial score (nSPS) is 11.2. The molecular formula is C33H28OP+. The molecule has 0 aliphatic carbocycles. The lowest BCUT2D eigenvalue weighted by Crippen LogP contribution is -2.34. The first-order valence-electron chi connectivity index (χ1n) is 12.0. The van der Waals surface area contributed by atoms with Gasteiger partial charge in [-0.1, -0.05) is 115 Å². The van der Waals surface area contributed by atoms with Crippen molar-refractivity contribution in [1.82, 2.24) is 0 Å². The van der Waals surface area contributed by atoms with Crippen molar-refractivity contribution in [2.75, 3.05) is 0 Å². The Bertz CT molecular complexity index is 1340. The summed E-state index contributed by atoms with van der Waals surface area (Å²) in [6, 6.07) is 50.7. The van der Waals surface area contributed by atoms with Crippen LogP contribution in [0.2, 0.25) is 0 Å². The van der Waals surface area contributed by atoms with E-state index in [2.05, 4.69) is 115 Å². The lowest BCUT2D eigenvalue weighted by molar-refractivity contribution is 0.0993. The van der Waals surface area contributed by atoms with Crippen molar-refractivity contribution in [3.63, 3.8) is 0 Å². The summed E-state index contributed by atoms with van der Waals surface area (Å²) < 4.78 is 0. The molecule has 2 heteroatoms. The predicted octanol–water partition coefficient (Wildman–Crippen LogP) is 6.61. The molecule has 5 rings (SSSR count). The number of Topliss-reactive ketones (excluding diaryl/α,β-unsaturated/α-hetero) is 1. The Morgan fingerprint density at radius 2 is 0.971 bits per heavy atom. The van der Waals surface area contributed by atoms with E-state index in [1.807, 2.05) is 30.3 Å². The summed E-state index contributed by atoms with van der Waals surface area (Å²) in [7, 11) is -2.11. The van der Waals surface area contributed by atoms with Crippen molar-refractivity contribution < 1.29 is 4.79 Å². The maximum absolute atomic E-state index is 13.3. The smallest absolute Gasteiger partial charge is 0.167 e. The second kappa shape index (κ2) is 10.6. The summed E-state index contributed by atoms with van der Waals surface area (Å²) in [4.78, 5) is 13.3. The van der Waals surface area contributed by atoms with E-state index >= 15 is 0 Å². The number of carbonyl (C=O) groups excluding carboxylic acids is 1. The zero-order valence-electron chi connectivity index (χ0n) is 19.6. The second-order valence-electron chi connectivity index (χ2n) is 8.72. The van der Waals surface area contributed by atoms with Gasteiger partial charge >= 0.3 is 0 Å². The molecule has 0 spiro atoms. The SMILES string of the molecule is O=C(Cc1ccccc1[P+](Cc1ccccc1)(c1ccccc1)c1ccccc1)c1ccccc1. The van der Waals surface area contributed by atoms with E-state index in [1.165, 1.54) is 21.5 Å². The average Bonchev–Trinajstić information content (AvgIpc) is 2.94. The fourth-order valence-electron chi connectivity index (χ4n) is 4.85. The molecule has 0 saturated heterocycles. The maximum Gasteiger partial charge on any atom is 0.167 e. The Hall–Kier alpha value is -3.80. The Labute approximate surface area is 208 Å². The van der Waals surface area contributed by atoms with Crippen LogP contribution >= 0.6 is 7.26 Å². The lowest BCUT2D eigenvalue weighted by Gasteiger charge is -2.29. The van der Waals surface area contributed by atoms with Gasteiger partial charge in [-0.05, 0) is 35.9 Å². The molecule has 0 aromatic heterocycles. The number of hydrogen-bond donors (Lipinski definition) is 0. The zero-order valence-corrected chi connectivity index (χ0v) is 20.5. The van der Waals surface area contributed by atoms with Crippen LogP contribution in [0.3, 0.4) is 0 Å². The van der Waals surface area contributed by atoms with Gasteiger partial charge in [-0.2, -0.15) is 0 Å². The van der Waals surface area contributed by atoms with Gasteiger partial charge in [-0.15, -0.1) is 0 Å². The van der Waals surface area contributed by atoms with Gasteiger partial charge in [0.05, 0.1) is 6.16 Å². The van der Waals surface area contributed by atoms with Gasteiger partial charge in [0.1, 0.15) is 23.2 Å². The third-order valence-electron chi connectivity index (χ3n) is 6.51. The van der Waals surface area contributed by atoms with Crippen LogP contribution in [0, 0.1) is 0 Å². The van der Waals surface area contributed by atoms with Crippen molar-refractivity contribution in [1.29, 1.82) is 0 Å². The van der Waals surface area contributed by atoms with Crippen LogP contribution in [-0.2, 0) is 12.6 Å². The first-order valence-corrected chi connectivity index (χ1v) is 13.9. The molecule has 0 saturated carbocycles. The van der Waals surface area contributed by atoms with Crippen molar-refractivity contribution in [2.24, 2.45) is 0 Å². The molecule has 0 amide bonds. The molecule has 5 aromatic carbocycles. The van der Waals surface area contributed by atoms with Gasteiger partial charge in [-0.3, -0.25) is 4.79 Å². The van der Waals surface area contributed by atoms with Crippen LogP contribution in [0.5, 0.6) is 0 Å². The molecule has 0 unspecified atom stereocenters. The molecule has 35 heavy (non-hydrogen) atoms.